The predicted molar refractivity (Wildman–Crippen MR) is 86.2 cm³/mol. The Morgan fingerprint density at radius 2 is 2.09 bits per heavy atom. The lowest BCUT2D eigenvalue weighted by Gasteiger charge is -2.13. The van der Waals surface area contributed by atoms with Crippen LogP contribution in [0.25, 0.3) is 11.0 Å². The first-order chi connectivity index (χ1) is 10.5. The number of hydrogen-bond donors (Lipinski definition) is 2. The monoisotopic (exact) mass is 322 g/mol. The van der Waals surface area contributed by atoms with Crippen molar-refractivity contribution in [2.24, 2.45) is 0 Å². The maximum atomic E-state index is 12.3. The molecule has 2 rings (SSSR count). The van der Waals surface area contributed by atoms with Crippen LogP contribution < -0.4 is 10.6 Å². The van der Waals surface area contributed by atoms with Crippen LogP contribution in [0, 0.1) is 6.92 Å². The second-order valence-corrected chi connectivity index (χ2v) is 5.57. The van der Waals surface area contributed by atoms with E-state index in [9.17, 15) is 9.59 Å². The lowest BCUT2D eigenvalue weighted by Crippen LogP contribution is -2.45. The molecule has 2 aromatic rings. The minimum atomic E-state index is -0.637. The fourth-order valence-corrected chi connectivity index (χ4v) is 2.37. The zero-order valence-electron chi connectivity index (χ0n) is 12.8. The van der Waals surface area contributed by atoms with E-state index in [0.29, 0.717) is 22.7 Å². The smallest absolute Gasteiger partial charge is 0.287 e. The van der Waals surface area contributed by atoms with Crippen molar-refractivity contribution >= 4 is 34.4 Å². The van der Waals surface area contributed by atoms with E-state index < -0.39 is 11.9 Å². The second kappa shape index (κ2) is 6.83. The highest BCUT2D eigenvalue weighted by molar-refractivity contribution is 6.35. The summed E-state index contributed by atoms with van der Waals surface area (Å²) in [5.74, 6) is -0.468. The SMILES string of the molecule is CCCNC(=O)C(C)NC(=O)c1oc2c(Cl)cccc2c1C. The van der Waals surface area contributed by atoms with Crippen molar-refractivity contribution in [3.05, 3.63) is 34.5 Å². The molecule has 0 saturated carbocycles. The van der Waals surface area contributed by atoms with Gasteiger partial charge in [-0.2, -0.15) is 0 Å². The first kappa shape index (κ1) is 16.4. The van der Waals surface area contributed by atoms with Gasteiger partial charge in [-0.15, -0.1) is 0 Å². The molecule has 6 heteroatoms. The zero-order valence-corrected chi connectivity index (χ0v) is 13.6. The number of benzene rings is 1. The summed E-state index contributed by atoms with van der Waals surface area (Å²) in [4.78, 5) is 24.1. The third-order valence-corrected chi connectivity index (χ3v) is 3.71. The van der Waals surface area contributed by atoms with E-state index >= 15 is 0 Å². The number of carbonyl (C=O) groups excluding carboxylic acids is 2. The summed E-state index contributed by atoms with van der Waals surface area (Å²) in [6.45, 7) is 5.97. The molecule has 118 valence electrons. The maximum Gasteiger partial charge on any atom is 0.287 e. The Labute approximate surface area is 134 Å². The summed E-state index contributed by atoms with van der Waals surface area (Å²) in [7, 11) is 0. The van der Waals surface area contributed by atoms with E-state index in [1.54, 1.807) is 26.0 Å². The van der Waals surface area contributed by atoms with E-state index in [1.807, 2.05) is 13.0 Å². The van der Waals surface area contributed by atoms with Crippen LogP contribution >= 0.6 is 11.6 Å². The van der Waals surface area contributed by atoms with Crippen molar-refractivity contribution in [2.45, 2.75) is 33.2 Å². The van der Waals surface area contributed by atoms with Crippen LogP contribution in [0.1, 0.15) is 36.4 Å². The van der Waals surface area contributed by atoms with E-state index in [0.717, 1.165) is 11.8 Å². The average molecular weight is 323 g/mol. The van der Waals surface area contributed by atoms with Crippen molar-refractivity contribution in [1.82, 2.24) is 10.6 Å². The number of aryl methyl sites for hydroxylation is 1. The number of amides is 2. The summed E-state index contributed by atoms with van der Waals surface area (Å²) >= 11 is 6.07. The molecule has 1 unspecified atom stereocenters. The Morgan fingerprint density at radius 1 is 1.36 bits per heavy atom. The Bertz CT molecular complexity index is 709. The molecular formula is C16H19ClN2O3. The van der Waals surface area contributed by atoms with Crippen molar-refractivity contribution in [3.8, 4) is 0 Å². The topological polar surface area (TPSA) is 71.3 Å². The molecule has 1 aromatic heterocycles. The first-order valence-electron chi connectivity index (χ1n) is 7.21. The fraction of sp³-hybridized carbons (Fsp3) is 0.375. The summed E-state index contributed by atoms with van der Waals surface area (Å²) in [6.07, 6.45) is 0.841. The molecule has 2 N–H and O–H groups in total. The van der Waals surface area contributed by atoms with Gasteiger partial charge in [-0.3, -0.25) is 9.59 Å². The quantitative estimate of drug-likeness (QED) is 0.888. The summed E-state index contributed by atoms with van der Waals surface area (Å²) in [6, 6.07) is 4.71. The van der Waals surface area contributed by atoms with Crippen molar-refractivity contribution in [2.75, 3.05) is 6.54 Å². The minimum Gasteiger partial charge on any atom is -0.449 e. The number of carbonyl (C=O) groups is 2. The lowest BCUT2D eigenvalue weighted by molar-refractivity contribution is -0.122. The number of fused-ring (bicyclic) bond motifs is 1. The molecule has 0 radical (unpaired) electrons. The van der Waals surface area contributed by atoms with Gasteiger partial charge >= 0.3 is 0 Å². The molecule has 0 saturated heterocycles. The van der Waals surface area contributed by atoms with Gasteiger partial charge in [0, 0.05) is 17.5 Å². The van der Waals surface area contributed by atoms with Gasteiger partial charge in [0.2, 0.25) is 5.91 Å². The van der Waals surface area contributed by atoms with Crippen LogP contribution in [0.5, 0.6) is 0 Å². The molecule has 0 fully saturated rings. The highest BCUT2D eigenvalue weighted by Crippen LogP contribution is 2.30. The molecule has 1 heterocycles. The number of para-hydroxylation sites is 1. The molecule has 2 amide bonds. The van der Waals surface area contributed by atoms with Crippen molar-refractivity contribution < 1.29 is 14.0 Å². The molecule has 1 aromatic carbocycles. The van der Waals surface area contributed by atoms with Crippen LogP contribution in [0.3, 0.4) is 0 Å². The molecule has 1 atom stereocenters. The Hall–Kier alpha value is -2.01. The molecular weight excluding hydrogens is 304 g/mol. The average Bonchev–Trinajstić information content (AvgIpc) is 2.83. The van der Waals surface area contributed by atoms with Crippen molar-refractivity contribution in [3.63, 3.8) is 0 Å². The van der Waals surface area contributed by atoms with Crippen LogP contribution in [-0.4, -0.2) is 24.4 Å². The number of rotatable bonds is 5. The van der Waals surface area contributed by atoms with Crippen LogP contribution in [0.15, 0.2) is 22.6 Å². The first-order valence-corrected chi connectivity index (χ1v) is 7.59. The molecule has 0 bridgehead atoms. The lowest BCUT2D eigenvalue weighted by atomic mass is 10.1. The number of halogens is 1. The summed E-state index contributed by atoms with van der Waals surface area (Å²) < 4.78 is 5.58. The summed E-state index contributed by atoms with van der Waals surface area (Å²) in [5.41, 5.74) is 1.19. The summed E-state index contributed by atoms with van der Waals surface area (Å²) in [5, 5.41) is 6.62. The zero-order chi connectivity index (χ0) is 16.3. The van der Waals surface area contributed by atoms with E-state index in [-0.39, 0.29) is 11.7 Å². The Morgan fingerprint density at radius 3 is 2.73 bits per heavy atom. The fourth-order valence-electron chi connectivity index (χ4n) is 2.15. The molecule has 0 aliphatic heterocycles. The van der Waals surface area contributed by atoms with E-state index in [4.69, 9.17) is 16.0 Å². The van der Waals surface area contributed by atoms with Gasteiger partial charge in [0.25, 0.3) is 5.91 Å². The molecule has 0 aliphatic carbocycles. The number of hydrogen-bond acceptors (Lipinski definition) is 3. The Balaban J connectivity index is 2.18. The van der Waals surface area contributed by atoms with Crippen LogP contribution in [-0.2, 0) is 4.79 Å². The second-order valence-electron chi connectivity index (χ2n) is 5.16. The predicted octanol–water partition coefficient (Wildman–Crippen LogP) is 3.04. The molecule has 0 aliphatic rings. The van der Waals surface area contributed by atoms with Gasteiger partial charge < -0.3 is 15.1 Å². The normalized spacial score (nSPS) is 12.2. The van der Waals surface area contributed by atoms with Gasteiger partial charge in [0.15, 0.2) is 11.3 Å². The third-order valence-electron chi connectivity index (χ3n) is 3.41. The third kappa shape index (κ3) is 3.25. The standard InChI is InChI=1S/C16H19ClN2O3/c1-4-8-18-15(20)10(3)19-16(21)13-9(2)11-6-5-7-12(17)14(11)22-13/h5-7,10H,4,8H2,1-3H3,(H,18,20)(H,19,21). The van der Waals surface area contributed by atoms with E-state index in [1.165, 1.54) is 0 Å². The minimum absolute atomic E-state index is 0.179. The van der Waals surface area contributed by atoms with Gasteiger partial charge in [-0.05, 0) is 26.3 Å². The van der Waals surface area contributed by atoms with Crippen LogP contribution in [0.4, 0.5) is 0 Å². The van der Waals surface area contributed by atoms with Crippen LogP contribution in [0.2, 0.25) is 5.02 Å². The highest BCUT2D eigenvalue weighted by Gasteiger charge is 2.22. The molecule has 5 nitrogen and oxygen atoms in total. The highest BCUT2D eigenvalue weighted by atomic mass is 35.5. The molecule has 0 spiro atoms. The van der Waals surface area contributed by atoms with Gasteiger partial charge in [0.1, 0.15) is 6.04 Å². The molecule has 22 heavy (non-hydrogen) atoms. The van der Waals surface area contributed by atoms with Crippen molar-refractivity contribution in [1.29, 1.82) is 0 Å². The van der Waals surface area contributed by atoms with Gasteiger partial charge in [-0.25, -0.2) is 0 Å². The number of furan rings is 1. The van der Waals surface area contributed by atoms with Gasteiger partial charge in [-0.1, -0.05) is 30.7 Å². The maximum absolute atomic E-state index is 12.3. The largest absolute Gasteiger partial charge is 0.449 e. The van der Waals surface area contributed by atoms with E-state index in [2.05, 4.69) is 10.6 Å². The van der Waals surface area contributed by atoms with Gasteiger partial charge in [0.05, 0.1) is 5.02 Å². The number of nitrogens with one attached hydrogen (secondary N) is 2. The Kier molecular flexibility index (Phi) is 5.08.